The van der Waals surface area contributed by atoms with E-state index in [1.54, 1.807) is 0 Å². The van der Waals surface area contributed by atoms with Gasteiger partial charge in [0, 0.05) is 0 Å². The van der Waals surface area contributed by atoms with Gasteiger partial charge in [-0.3, -0.25) is 0 Å². The predicted molar refractivity (Wildman–Crippen MR) is 86.8 cm³/mol. The molecule has 1 nitrogen and oxygen atoms in total. The smallest absolute Gasteiger partial charge is 0.123 e. The molecule has 0 spiro atoms. The zero-order chi connectivity index (χ0) is 15.1. The second-order valence-electron chi connectivity index (χ2n) is 5.49. The topological polar surface area (TPSA) is 12.0 Å². The normalized spacial score (nSPS) is 12.6. The lowest BCUT2D eigenvalue weighted by atomic mass is 9.97. The molecule has 2 aromatic rings. The number of rotatable bonds is 7. The maximum Gasteiger partial charge on any atom is 0.123 e. The first-order valence-corrected chi connectivity index (χ1v) is 7.78. The van der Waals surface area contributed by atoms with E-state index in [1.807, 2.05) is 30.3 Å². The molecule has 0 aliphatic heterocycles. The van der Waals surface area contributed by atoms with Crippen LogP contribution < -0.4 is 5.32 Å². The van der Waals surface area contributed by atoms with Crippen molar-refractivity contribution < 1.29 is 4.39 Å². The van der Waals surface area contributed by atoms with Crippen molar-refractivity contribution in [3.05, 3.63) is 71.5 Å². The van der Waals surface area contributed by atoms with Crippen LogP contribution in [0.25, 0.3) is 0 Å². The summed E-state index contributed by atoms with van der Waals surface area (Å²) in [5.41, 5.74) is 2.32. The Morgan fingerprint density at radius 3 is 2.00 bits per heavy atom. The second kappa shape index (κ2) is 7.94. The molecule has 0 aromatic heterocycles. The quantitative estimate of drug-likeness (QED) is 0.759. The molecule has 0 aliphatic rings. The highest BCUT2D eigenvalue weighted by Crippen LogP contribution is 2.23. The molecule has 0 aliphatic carbocycles. The summed E-state index contributed by atoms with van der Waals surface area (Å²) in [7, 11) is 0. The van der Waals surface area contributed by atoms with Crippen molar-refractivity contribution >= 4 is 0 Å². The van der Waals surface area contributed by atoms with Crippen molar-refractivity contribution in [3.63, 3.8) is 0 Å². The Balaban J connectivity index is 2.20. The summed E-state index contributed by atoms with van der Waals surface area (Å²) >= 11 is 0. The Bertz CT molecular complexity index is 517. The lowest BCUT2D eigenvalue weighted by Gasteiger charge is -2.23. The fourth-order valence-electron chi connectivity index (χ4n) is 2.59. The summed E-state index contributed by atoms with van der Waals surface area (Å²) < 4.78 is 13.2. The molecule has 112 valence electrons. The Kier molecular flexibility index (Phi) is 5.94. The Hall–Kier alpha value is -1.67. The first-order chi connectivity index (χ1) is 10.2. The van der Waals surface area contributed by atoms with Crippen LogP contribution in [0.3, 0.4) is 0 Å². The molecule has 2 aromatic carbocycles. The number of nitrogens with one attached hydrogen (secondary N) is 1. The molecular formula is C19H24FN. The Morgan fingerprint density at radius 2 is 1.43 bits per heavy atom. The molecule has 1 unspecified atom stereocenters. The third-order valence-electron chi connectivity index (χ3n) is 4.10. The standard InChI is InChI=1S/C19H24FN/c1-3-15(4-2)14-21-19(16-8-6-5-7-9-16)17-10-12-18(20)13-11-17/h5-13,15,19,21H,3-4,14H2,1-2H3. The number of halogens is 1. The molecule has 0 heterocycles. The summed E-state index contributed by atoms with van der Waals surface area (Å²) in [4.78, 5) is 0. The monoisotopic (exact) mass is 285 g/mol. The number of benzene rings is 2. The number of hydrogen-bond donors (Lipinski definition) is 1. The first-order valence-electron chi connectivity index (χ1n) is 7.78. The second-order valence-corrected chi connectivity index (χ2v) is 5.49. The van der Waals surface area contributed by atoms with Crippen molar-refractivity contribution in [2.75, 3.05) is 6.54 Å². The van der Waals surface area contributed by atoms with Gasteiger partial charge in [0.15, 0.2) is 0 Å². The third-order valence-corrected chi connectivity index (χ3v) is 4.10. The van der Waals surface area contributed by atoms with Gasteiger partial charge in [-0.15, -0.1) is 0 Å². The van der Waals surface area contributed by atoms with E-state index in [4.69, 9.17) is 0 Å². The highest BCUT2D eigenvalue weighted by molar-refractivity contribution is 5.31. The summed E-state index contributed by atoms with van der Waals surface area (Å²) in [5, 5.41) is 3.65. The van der Waals surface area contributed by atoms with Crippen LogP contribution in [0.5, 0.6) is 0 Å². The van der Waals surface area contributed by atoms with E-state index in [0.29, 0.717) is 5.92 Å². The van der Waals surface area contributed by atoms with Gasteiger partial charge in [0.25, 0.3) is 0 Å². The van der Waals surface area contributed by atoms with Crippen molar-refractivity contribution in [3.8, 4) is 0 Å². The molecule has 0 amide bonds. The van der Waals surface area contributed by atoms with E-state index in [9.17, 15) is 4.39 Å². The van der Waals surface area contributed by atoms with E-state index in [1.165, 1.54) is 30.5 Å². The van der Waals surface area contributed by atoms with Gasteiger partial charge < -0.3 is 5.32 Å². The third kappa shape index (κ3) is 4.40. The minimum Gasteiger partial charge on any atom is -0.306 e. The number of hydrogen-bond acceptors (Lipinski definition) is 1. The van der Waals surface area contributed by atoms with Gasteiger partial charge >= 0.3 is 0 Å². The van der Waals surface area contributed by atoms with Crippen LogP contribution in [0.2, 0.25) is 0 Å². The maximum atomic E-state index is 13.2. The fraction of sp³-hybridized carbons (Fsp3) is 0.368. The van der Waals surface area contributed by atoms with Crippen molar-refractivity contribution in [2.24, 2.45) is 5.92 Å². The molecule has 0 saturated heterocycles. The van der Waals surface area contributed by atoms with Crippen LogP contribution in [0.15, 0.2) is 54.6 Å². The summed E-state index contributed by atoms with van der Waals surface area (Å²) in [5.74, 6) is 0.488. The minimum absolute atomic E-state index is 0.118. The highest BCUT2D eigenvalue weighted by Gasteiger charge is 2.15. The van der Waals surface area contributed by atoms with Crippen LogP contribution in [0, 0.1) is 11.7 Å². The van der Waals surface area contributed by atoms with Gasteiger partial charge in [-0.25, -0.2) is 4.39 Å². The summed E-state index contributed by atoms with van der Waals surface area (Å²) in [6.07, 6.45) is 2.35. The van der Waals surface area contributed by atoms with E-state index in [0.717, 1.165) is 12.1 Å². The van der Waals surface area contributed by atoms with Crippen LogP contribution in [0.4, 0.5) is 4.39 Å². The SMILES string of the molecule is CCC(CC)CNC(c1ccccc1)c1ccc(F)cc1. The zero-order valence-electron chi connectivity index (χ0n) is 12.9. The molecule has 1 N–H and O–H groups in total. The Labute approximate surface area is 127 Å². The van der Waals surface area contributed by atoms with E-state index >= 15 is 0 Å². The van der Waals surface area contributed by atoms with Gasteiger partial charge in [0.05, 0.1) is 6.04 Å². The molecule has 2 rings (SSSR count). The average molecular weight is 285 g/mol. The van der Waals surface area contributed by atoms with Crippen LogP contribution >= 0.6 is 0 Å². The van der Waals surface area contributed by atoms with Gasteiger partial charge in [0.2, 0.25) is 0 Å². The molecular weight excluding hydrogens is 261 g/mol. The average Bonchev–Trinajstić information content (AvgIpc) is 2.54. The van der Waals surface area contributed by atoms with Crippen molar-refractivity contribution in [1.82, 2.24) is 5.32 Å². The molecule has 0 bridgehead atoms. The van der Waals surface area contributed by atoms with Crippen molar-refractivity contribution in [1.29, 1.82) is 0 Å². The summed E-state index contributed by atoms with van der Waals surface area (Å²) in [6.45, 7) is 5.43. The van der Waals surface area contributed by atoms with Gasteiger partial charge in [-0.2, -0.15) is 0 Å². The lowest BCUT2D eigenvalue weighted by Crippen LogP contribution is -2.27. The van der Waals surface area contributed by atoms with Gasteiger partial charge in [-0.05, 0) is 35.7 Å². The van der Waals surface area contributed by atoms with Gasteiger partial charge in [-0.1, -0.05) is 69.2 Å². The molecule has 0 radical (unpaired) electrons. The minimum atomic E-state index is -0.189. The molecule has 21 heavy (non-hydrogen) atoms. The Morgan fingerprint density at radius 1 is 0.857 bits per heavy atom. The molecule has 0 fully saturated rings. The van der Waals surface area contributed by atoms with Crippen LogP contribution in [-0.2, 0) is 0 Å². The molecule has 1 atom stereocenters. The van der Waals surface area contributed by atoms with Gasteiger partial charge in [0.1, 0.15) is 5.82 Å². The summed E-state index contributed by atoms with van der Waals surface area (Å²) in [6, 6.07) is 17.3. The molecule has 2 heteroatoms. The molecule has 0 saturated carbocycles. The van der Waals surface area contributed by atoms with Crippen LogP contribution in [-0.4, -0.2) is 6.54 Å². The largest absolute Gasteiger partial charge is 0.306 e. The highest BCUT2D eigenvalue weighted by atomic mass is 19.1. The van der Waals surface area contributed by atoms with Crippen molar-refractivity contribution in [2.45, 2.75) is 32.7 Å². The zero-order valence-corrected chi connectivity index (χ0v) is 12.9. The van der Waals surface area contributed by atoms with E-state index in [-0.39, 0.29) is 11.9 Å². The van der Waals surface area contributed by atoms with E-state index < -0.39 is 0 Å². The van der Waals surface area contributed by atoms with E-state index in [2.05, 4.69) is 31.3 Å². The fourth-order valence-corrected chi connectivity index (χ4v) is 2.59. The predicted octanol–water partition coefficient (Wildman–Crippen LogP) is 4.94. The maximum absolute atomic E-state index is 13.2. The lowest BCUT2D eigenvalue weighted by molar-refractivity contribution is 0.431. The first kappa shape index (κ1) is 15.7. The van der Waals surface area contributed by atoms with Crippen LogP contribution in [0.1, 0.15) is 43.9 Å².